The molecular formula is C12H22ClN3O. The summed E-state index contributed by atoms with van der Waals surface area (Å²) >= 11 is 6.29. The maximum Gasteiger partial charge on any atom is 0.0849 e. The highest BCUT2D eigenvalue weighted by atomic mass is 35.5. The SMILES string of the molecule is CCc1nn(C)c(CC(C)(CN)C(C)O)c1Cl. The lowest BCUT2D eigenvalue weighted by atomic mass is 9.80. The minimum Gasteiger partial charge on any atom is -0.393 e. The van der Waals surface area contributed by atoms with E-state index in [1.165, 1.54) is 0 Å². The van der Waals surface area contributed by atoms with Crippen molar-refractivity contribution in [3.63, 3.8) is 0 Å². The number of halogens is 1. The van der Waals surface area contributed by atoms with Crippen LogP contribution >= 0.6 is 11.6 Å². The Morgan fingerprint density at radius 2 is 2.18 bits per heavy atom. The molecule has 0 amide bonds. The molecule has 0 radical (unpaired) electrons. The maximum atomic E-state index is 9.83. The van der Waals surface area contributed by atoms with Gasteiger partial charge in [0, 0.05) is 19.0 Å². The standard InChI is InChI=1S/C12H22ClN3O/c1-5-9-11(13)10(16(4)15-9)6-12(3,7-14)8(2)17/h8,17H,5-7,14H2,1-4H3. The largest absolute Gasteiger partial charge is 0.393 e. The summed E-state index contributed by atoms with van der Waals surface area (Å²) < 4.78 is 1.79. The van der Waals surface area contributed by atoms with Gasteiger partial charge in [0.05, 0.1) is 22.5 Å². The van der Waals surface area contributed by atoms with Gasteiger partial charge in [0.15, 0.2) is 0 Å². The lowest BCUT2D eigenvalue weighted by Crippen LogP contribution is -2.40. The van der Waals surface area contributed by atoms with Crippen LogP contribution in [-0.2, 0) is 19.9 Å². The Balaban J connectivity index is 3.06. The van der Waals surface area contributed by atoms with Gasteiger partial charge in [0.1, 0.15) is 0 Å². The van der Waals surface area contributed by atoms with E-state index < -0.39 is 6.10 Å². The average Bonchev–Trinajstić information content (AvgIpc) is 2.55. The second kappa shape index (κ2) is 5.38. The summed E-state index contributed by atoms with van der Waals surface area (Å²) in [7, 11) is 1.87. The summed E-state index contributed by atoms with van der Waals surface area (Å²) in [6, 6.07) is 0. The second-order valence-corrected chi connectivity index (χ2v) is 5.27. The van der Waals surface area contributed by atoms with Crippen molar-refractivity contribution in [3.8, 4) is 0 Å². The average molecular weight is 260 g/mol. The number of nitrogens with two attached hydrogens (primary N) is 1. The molecule has 1 aromatic rings. The zero-order valence-corrected chi connectivity index (χ0v) is 11.8. The van der Waals surface area contributed by atoms with E-state index >= 15 is 0 Å². The van der Waals surface area contributed by atoms with Crippen molar-refractivity contribution in [2.75, 3.05) is 6.54 Å². The molecule has 0 aliphatic rings. The molecule has 0 spiro atoms. The molecule has 0 bridgehead atoms. The van der Waals surface area contributed by atoms with Crippen LogP contribution in [0.1, 0.15) is 32.2 Å². The van der Waals surface area contributed by atoms with Crippen LogP contribution in [-0.4, -0.2) is 27.5 Å². The maximum absolute atomic E-state index is 9.83. The Morgan fingerprint density at radius 1 is 1.59 bits per heavy atom. The van der Waals surface area contributed by atoms with Crippen molar-refractivity contribution in [2.24, 2.45) is 18.2 Å². The van der Waals surface area contributed by atoms with Crippen LogP contribution in [0.3, 0.4) is 0 Å². The number of aromatic nitrogens is 2. The molecule has 0 saturated heterocycles. The molecule has 2 unspecified atom stereocenters. The molecule has 1 heterocycles. The van der Waals surface area contributed by atoms with Gasteiger partial charge in [0.2, 0.25) is 0 Å². The molecule has 0 fully saturated rings. The highest BCUT2D eigenvalue weighted by Crippen LogP contribution is 2.30. The second-order valence-electron chi connectivity index (χ2n) is 4.90. The number of hydrogen-bond acceptors (Lipinski definition) is 3. The third-order valence-electron chi connectivity index (χ3n) is 3.55. The van der Waals surface area contributed by atoms with Gasteiger partial charge < -0.3 is 10.8 Å². The fraction of sp³-hybridized carbons (Fsp3) is 0.750. The van der Waals surface area contributed by atoms with Gasteiger partial charge >= 0.3 is 0 Å². The van der Waals surface area contributed by atoms with Crippen molar-refractivity contribution in [1.29, 1.82) is 0 Å². The van der Waals surface area contributed by atoms with Gasteiger partial charge in [-0.05, 0) is 19.8 Å². The lowest BCUT2D eigenvalue weighted by Gasteiger charge is -2.31. The Kier molecular flexibility index (Phi) is 4.58. The van der Waals surface area contributed by atoms with Gasteiger partial charge in [-0.15, -0.1) is 0 Å². The smallest absolute Gasteiger partial charge is 0.0849 e. The van der Waals surface area contributed by atoms with Gasteiger partial charge in [-0.2, -0.15) is 5.10 Å². The third-order valence-corrected chi connectivity index (χ3v) is 3.99. The van der Waals surface area contributed by atoms with Gasteiger partial charge in [0.25, 0.3) is 0 Å². The molecule has 17 heavy (non-hydrogen) atoms. The lowest BCUT2D eigenvalue weighted by molar-refractivity contribution is 0.0575. The van der Waals surface area contributed by atoms with Crippen molar-refractivity contribution in [2.45, 2.75) is 39.7 Å². The molecule has 3 N–H and O–H groups in total. The number of nitrogens with zero attached hydrogens (tertiary/aromatic N) is 2. The minimum atomic E-state index is -0.483. The molecule has 5 heteroatoms. The van der Waals surface area contributed by atoms with Crippen LogP contribution in [0, 0.1) is 5.41 Å². The van der Waals surface area contributed by atoms with Crippen LogP contribution in [0.4, 0.5) is 0 Å². The highest BCUT2D eigenvalue weighted by molar-refractivity contribution is 6.31. The first kappa shape index (κ1) is 14.5. The number of aliphatic hydroxyl groups excluding tert-OH is 1. The van der Waals surface area contributed by atoms with Crippen molar-refractivity contribution in [1.82, 2.24) is 9.78 Å². The van der Waals surface area contributed by atoms with Crippen molar-refractivity contribution >= 4 is 11.6 Å². The fourth-order valence-electron chi connectivity index (χ4n) is 1.78. The number of hydrogen-bond donors (Lipinski definition) is 2. The van der Waals surface area contributed by atoms with Crippen LogP contribution in [0.5, 0.6) is 0 Å². The molecule has 98 valence electrons. The normalized spacial score (nSPS) is 16.9. The summed E-state index contributed by atoms with van der Waals surface area (Å²) in [5, 5.41) is 14.9. The van der Waals surface area contributed by atoms with Crippen LogP contribution in [0.15, 0.2) is 0 Å². The van der Waals surface area contributed by atoms with Crippen molar-refractivity contribution in [3.05, 3.63) is 16.4 Å². The van der Waals surface area contributed by atoms with E-state index in [4.69, 9.17) is 17.3 Å². The topological polar surface area (TPSA) is 64.1 Å². The number of aryl methyl sites for hydroxylation is 2. The predicted octanol–water partition coefficient (Wildman–Crippen LogP) is 1.52. The van der Waals surface area contributed by atoms with E-state index in [0.717, 1.165) is 17.8 Å². The van der Waals surface area contributed by atoms with Gasteiger partial charge in [-0.25, -0.2) is 0 Å². The predicted molar refractivity (Wildman–Crippen MR) is 70.1 cm³/mol. The van der Waals surface area contributed by atoms with Gasteiger partial charge in [-0.3, -0.25) is 4.68 Å². The summed E-state index contributed by atoms with van der Waals surface area (Å²) in [6.07, 6.45) is 0.952. The number of rotatable bonds is 5. The molecule has 1 rings (SSSR count). The van der Waals surface area contributed by atoms with Crippen LogP contribution in [0.25, 0.3) is 0 Å². The quantitative estimate of drug-likeness (QED) is 0.843. The molecule has 0 aromatic carbocycles. The van der Waals surface area contributed by atoms with E-state index in [1.54, 1.807) is 11.6 Å². The van der Waals surface area contributed by atoms with Crippen molar-refractivity contribution < 1.29 is 5.11 Å². The van der Waals surface area contributed by atoms with E-state index in [9.17, 15) is 5.11 Å². The summed E-state index contributed by atoms with van der Waals surface area (Å²) in [6.45, 7) is 6.16. The Bertz CT molecular complexity index is 389. The molecule has 2 atom stereocenters. The molecule has 0 aliphatic heterocycles. The molecular weight excluding hydrogens is 238 g/mol. The Labute approximate surface area is 108 Å². The van der Waals surface area contributed by atoms with Crippen LogP contribution < -0.4 is 5.73 Å². The third kappa shape index (κ3) is 2.81. The first-order chi connectivity index (χ1) is 7.85. The van der Waals surface area contributed by atoms with Crippen LogP contribution in [0.2, 0.25) is 5.02 Å². The molecule has 4 nitrogen and oxygen atoms in total. The van der Waals surface area contributed by atoms with E-state index in [2.05, 4.69) is 5.10 Å². The Hall–Kier alpha value is -0.580. The first-order valence-electron chi connectivity index (χ1n) is 5.94. The van der Waals surface area contributed by atoms with E-state index in [1.807, 2.05) is 20.9 Å². The summed E-state index contributed by atoms with van der Waals surface area (Å²) in [5.74, 6) is 0. The molecule has 0 saturated carbocycles. The monoisotopic (exact) mass is 259 g/mol. The Morgan fingerprint density at radius 3 is 2.53 bits per heavy atom. The van der Waals surface area contributed by atoms with E-state index in [-0.39, 0.29) is 5.41 Å². The van der Waals surface area contributed by atoms with Gasteiger partial charge in [-0.1, -0.05) is 25.4 Å². The highest BCUT2D eigenvalue weighted by Gasteiger charge is 2.31. The summed E-state index contributed by atoms with van der Waals surface area (Å²) in [4.78, 5) is 0. The number of aliphatic hydroxyl groups is 1. The fourth-order valence-corrected chi connectivity index (χ4v) is 2.15. The minimum absolute atomic E-state index is 0.373. The molecule has 0 aliphatic carbocycles. The summed E-state index contributed by atoms with van der Waals surface area (Å²) in [5.41, 5.74) is 7.23. The van der Waals surface area contributed by atoms with E-state index in [0.29, 0.717) is 18.0 Å². The molecule has 1 aromatic heterocycles. The first-order valence-corrected chi connectivity index (χ1v) is 6.32. The zero-order valence-electron chi connectivity index (χ0n) is 11.0. The zero-order chi connectivity index (χ0) is 13.2.